The van der Waals surface area contributed by atoms with E-state index in [0.29, 0.717) is 18.5 Å². The molecule has 4 rings (SSSR count). The lowest BCUT2D eigenvalue weighted by atomic mass is 9.97. The van der Waals surface area contributed by atoms with Gasteiger partial charge in [0.2, 0.25) is 0 Å². The third kappa shape index (κ3) is 3.77. The zero-order valence-electron chi connectivity index (χ0n) is 17.2. The van der Waals surface area contributed by atoms with Crippen LogP contribution < -0.4 is 10.5 Å². The van der Waals surface area contributed by atoms with Crippen LogP contribution in [0.25, 0.3) is 0 Å². The largest absolute Gasteiger partial charge is 0.387 e. The molecule has 3 aliphatic rings. The summed E-state index contributed by atoms with van der Waals surface area (Å²) in [5, 5.41) is 18.5. The Kier molecular flexibility index (Phi) is 5.24. The fourth-order valence-electron chi connectivity index (χ4n) is 4.41. The molecule has 4 N–H and O–H groups in total. The van der Waals surface area contributed by atoms with Gasteiger partial charge in [-0.3, -0.25) is 4.79 Å². The average Bonchev–Trinajstić information content (AvgIpc) is 3.32. The van der Waals surface area contributed by atoms with Gasteiger partial charge in [-0.25, -0.2) is 14.1 Å². The van der Waals surface area contributed by atoms with Gasteiger partial charge < -0.3 is 15.3 Å². The third-order valence-corrected chi connectivity index (χ3v) is 9.24. The first-order valence-corrected chi connectivity index (χ1v) is 12.3. The van der Waals surface area contributed by atoms with Crippen LogP contribution in [-0.4, -0.2) is 44.1 Å². The highest BCUT2D eigenvalue weighted by Gasteiger charge is 2.38. The van der Waals surface area contributed by atoms with E-state index in [-0.39, 0.29) is 15.4 Å². The standard InChI is InChI=1S/C20H26N4O4S2/c1-20(2,27)18-24(3)10-16(29-18)30(21,28)23-19(26)22-14-9-11-5-4-6-12(11)17-13(14)7-8-15(17)25/h9-10,18,27H,4-8H2,1-3H3,(H3,21,22,23,26,28). The highest BCUT2D eigenvalue weighted by molar-refractivity contribution is 8.19. The van der Waals surface area contributed by atoms with E-state index in [0.717, 1.165) is 53.3 Å². The molecule has 2 atom stereocenters. The second-order valence-electron chi connectivity index (χ2n) is 8.52. The number of ketones is 1. The van der Waals surface area contributed by atoms with Crippen molar-refractivity contribution in [2.75, 3.05) is 12.4 Å². The van der Waals surface area contributed by atoms with Crippen LogP contribution in [0.4, 0.5) is 10.5 Å². The predicted octanol–water partition coefficient (Wildman–Crippen LogP) is 2.75. The Labute approximate surface area is 180 Å². The molecule has 0 bridgehead atoms. The first kappa shape index (κ1) is 21.4. The van der Waals surface area contributed by atoms with Crippen molar-refractivity contribution in [2.24, 2.45) is 9.50 Å². The van der Waals surface area contributed by atoms with Crippen LogP contribution in [0, 0.1) is 0 Å². The molecule has 162 valence electrons. The van der Waals surface area contributed by atoms with Crippen molar-refractivity contribution in [3.8, 4) is 0 Å². The summed E-state index contributed by atoms with van der Waals surface area (Å²) in [6.45, 7) is 3.30. The molecule has 0 aromatic heterocycles. The molecule has 1 aromatic rings. The Morgan fingerprint density at radius 1 is 1.33 bits per heavy atom. The van der Waals surface area contributed by atoms with Crippen LogP contribution in [0.1, 0.15) is 53.7 Å². The number of nitrogens with zero attached hydrogens (tertiary/aromatic N) is 2. The molecule has 1 aromatic carbocycles. The molecule has 0 saturated heterocycles. The number of thioether (sulfide) groups is 1. The number of aliphatic hydroxyl groups is 1. The SMILES string of the molecule is CN1C=C(S(N)(=O)=NC(=O)Nc2cc3c(c4c2CCC4=O)CCC3)SC1C(C)(C)O. The molecule has 1 heterocycles. The molecule has 30 heavy (non-hydrogen) atoms. The maximum Gasteiger partial charge on any atom is 0.354 e. The summed E-state index contributed by atoms with van der Waals surface area (Å²) in [5.74, 6) is 0.118. The number of benzene rings is 1. The summed E-state index contributed by atoms with van der Waals surface area (Å²) in [5.41, 5.74) is 3.27. The van der Waals surface area contributed by atoms with Crippen LogP contribution in [0.3, 0.4) is 0 Å². The molecule has 1 aliphatic heterocycles. The van der Waals surface area contributed by atoms with E-state index in [4.69, 9.17) is 5.14 Å². The number of Topliss-reactive ketones (excluding diaryl/α,β-unsaturated/α-hetero) is 1. The van der Waals surface area contributed by atoms with Crippen LogP contribution in [0.2, 0.25) is 0 Å². The van der Waals surface area contributed by atoms with E-state index in [1.807, 2.05) is 6.07 Å². The van der Waals surface area contributed by atoms with Crippen LogP contribution in [0.5, 0.6) is 0 Å². The second-order valence-corrected chi connectivity index (χ2v) is 11.7. The Balaban J connectivity index is 1.60. The van der Waals surface area contributed by atoms with E-state index in [9.17, 15) is 18.9 Å². The van der Waals surface area contributed by atoms with Crippen LogP contribution in [0.15, 0.2) is 20.9 Å². The Morgan fingerprint density at radius 2 is 2.07 bits per heavy atom. The molecule has 2 aliphatic carbocycles. The molecule has 8 nitrogen and oxygen atoms in total. The molecule has 0 fully saturated rings. The summed E-state index contributed by atoms with van der Waals surface area (Å²) < 4.78 is 17.0. The average molecular weight is 451 g/mol. The normalized spacial score (nSPS) is 22.4. The van der Waals surface area contributed by atoms with Gasteiger partial charge in [0.05, 0.1) is 5.60 Å². The summed E-state index contributed by atoms with van der Waals surface area (Å²) in [7, 11) is -1.74. The number of rotatable bonds is 3. The second kappa shape index (κ2) is 7.37. The van der Waals surface area contributed by atoms with Crippen LogP contribution in [-0.2, 0) is 29.2 Å². The van der Waals surface area contributed by atoms with Gasteiger partial charge in [-0.2, -0.15) is 0 Å². The van der Waals surface area contributed by atoms with Crippen LogP contribution >= 0.6 is 11.8 Å². The van der Waals surface area contributed by atoms with Crippen molar-refractivity contribution in [3.63, 3.8) is 0 Å². The molecule has 0 spiro atoms. The zero-order valence-corrected chi connectivity index (χ0v) is 18.9. The number of nitrogens with one attached hydrogen (secondary N) is 1. The monoisotopic (exact) mass is 450 g/mol. The Morgan fingerprint density at radius 3 is 2.73 bits per heavy atom. The first-order valence-electron chi connectivity index (χ1n) is 9.87. The minimum atomic E-state index is -3.47. The number of carbonyl (C=O) groups excluding carboxylic acids is 2. The molecular formula is C20H26N4O4S2. The molecule has 2 unspecified atom stereocenters. The lowest BCUT2D eigenvalue weighted by molar-refractivity contribution is 0.0437. The lowest BCUT2D eigenvalue weighted by Gasteiger charge is -2.30. The number of likely N-dealkylation sites (N-methyl/N-ethyl adjacent to an activating group) is 1. The number of fused-ring (bicyclic) bond motifs is 3. The van der Waals surface area contributed by atoms with Gasteiger partial charge in [0, 0.05) is 30.9 Å². The van der Waals surface area contributed by atoms with E-state index >= 15 is 0 Å². The number of urea groups is 1. The van der Waals surface area contributed by atoms with Crippen molar-refractivity contribution < 1.29 is 18.9 Å². The van der Waals surface area contributed by atoms with Crippen molar-refractivity contribution in [3.05, 3.63) is 38.8 Å². The summed E-state index contributed by atoms with van der Waals surface area (Å²) >= 11 is 1.14. The summed E-state index contributed by atoms with van der Waals surface area (Å²) in [6, 6.07) is 1.10. The van der Waals surface area contributed by atoms with Gasteiger partial charge in [0.25, 0.3) is 0 Å². The van der Waals surface area contributed by atoms with Gasteiger partial charge in [0.15, 0.2) is 15.7 Å². The lowest BCUT2D eigenvalue weighted by Crippen LogP contribution is -2.40. The van der Waals surface area contributed by atoms with E-state index in [1.165, 1.54) is 0 Å². The Bertz CT molecular complexity index is 1100. The van der Waals surface area contributed by atoms with Gasteiger partial charge in [0.1, 0.15) is 9.61 Å². The van der Waals surface area contributed by atoms with E-state index < -0.39 is 21.5 Å². The fraction of sp³-hybridized carbons (Fsp3) is 0.500. The van der Waals surface area contributed by atoms with Crippen molar-refractivity contribution in [1.29, 1.82) is 0 Å². The van der Waals surface area contributed by atoms with Gasteiger partial charge in [-0.15, -0.1) is 4.36 Å². The van der Waals surface area contributed by atoms with Gasteiger partial charge >= 0.3 is 6.03 Å². The molecule has 0 saturated carbocycles. The summed E-state index contributed by atoms with van der Waals surface area (Å²) in [6.07, 6.45) is 5.33. The smallest absolute Gasteiger partial charge is 0.354 e. The van der Waals surface area contributed by atoms with Crippen molar-refractivity contribution >= 4 is 39.2 Å². The number of nitrogens with two attached hydrogens (primary N) is 1. The molecular weight excluding hydrogens is 424 g/mol. The summed E-state index contributed by atoms with van der Waals surface area (Å²) in [4.78, 5) is 26.7. The minimum Gasteiger partial charge on any atom is -0.387 e. The zero-order chi connectivity index (χ0) is 21.8. The maximum absolute atomic E-state index is 13.0. The first-order chi connectivity index (χ1) is 14.0. The number of anilines is 1. The third-order valence-electron chi connectivity index (χ3n) is 5.65. The van der Waals surface area contributed by atoms with E-state index in [2.05, 4.69) is 9.68 Å². The predicted molar refractivity (Wildman–Crippen MR) is 118 cm³/mol. The Hall–Kier alpha value is -1.88. The number of hydrogen-bond acceptors (Lipinski definition) is 6. The number of amides is 2. The number of aryl methyl sites for hydroxylation is 1. The number of hydrogen-bond donors (Lipinski definition) is 3. The molecule has 10 heteroatoms. The van der Waals surface area contributed by atoms with E-state index in [1.54, 1.807) is 32.0 Å². The topological polar surface area (TPSA) is 125 Å². The van der Waals surface area contributed by atoms with Crippen molar-refractivity contribution in [1.82, 2.24) is 4.90 Å². The molecule has 2 amide bonds. The number of carbonyl (C=O) groups is 2. The quantitative estimate of drug-likeness (QED) is 0.650. The highest BCUT2D eigenvalue weighted by Crippen LogP contribution is 2.41. The van der Waals surface area contributed by atoms with Crippen molar-refractivity contribution in [2.45, 2.75) is 56.9 Å². The minimum absolute atomic E-state index is 0.118. The fourth-order valence-corrected chi connectivity index (χ4v) is 7.01. The van der Waals surface area contributed by atoms with Gasteiger partial charge in [-0.05, 0) is 62.3 Å². The highest BCUT2D eigenvalue weighted by atomic mass is 32.3. The maximum atomic E-state index is 13.0. The molecule has 0 radical (unpaired) electrons. The van der Waals surface area contributed by atoms with Gasteiger partial charge in [-0.1, -0.05) is 11.8 Å².